The Morgan fingerprint density at radius 3 is 2.22 bits per heavy atom. The Kier molecular flexibility index (Phi) is 7.52. The van der Waals surface area contributed by atoms with Crippen molar-refractivity contribution in [1.82, 2.24) is 14.7 Å². The maximum atomic E-state index is 13.3. The van der Waals surface area contributed by atoms with Crippen molar-refractivity contribution in [3.05, 3.63) is 65.7 Å². The Hall–Kier alpha value is -2.74. The van der Waals surface area contributed by atoms with Crippen molar-refractivity contribution in [1.29, 1.82) is 0 Å². The van der Waals surface area contributed by atoms with Crippen LogP contribution in [0.2, 0.25) is 0 Å². The third kappa shape index (κ3) is 5.73. The Balaban J connectivity index is 1.39. The largest absolute Gasteiger partial charge is 0.378 e. The van der Waals surface area contributed by atoms with Crippen molar-refractivity contribution < 1.29 is 14.3 Å². The highest BCUT2D eigenvalue weighted by molar-refractivity contribution is 5.95. The van der Waals surface area contributed by atoms with Gasteiger partial charge in [0, 0.05) is 45.0 Å². The average Bonchev–Trinajstić information content (AvgIpc) is 2.83. The lowest BCUT2D eigenvalue weighted by atomic mass is 10.0. The van der Waals surface area contributed by atoms with Crippen LogP contribution in [0, 0.1) is 6.92 Å². The van der Waals surface area contributed by atoms with E-state index in [0.717, 1.165) is 43.0 Å². The van der Waals surface area contributed by atoms with E-state index in [1.54, 1.807) is 0 Å². The lowest BCUT2D eigenvalue weighted by molar-refractivity contribution is -0.137. The molecule has 0 spiro atoms. The standard InChI is InChI=1S/C25H32N4O3/c1-20-7-9-22(10-8-20)26-25(31)24(21-5-3-2-4-6-21)29-13-11-27(12-14-29)19-23(30)28-15-17-32-18-16-28/h2-10,24H,11-19H2,1H3,(H,26,31)/t24-/m1/s1. The van der Waals surface area contributed by atoms with Gasteiger partial charge >= 0.3 is 0 Å². The maximum absolute atomic E-state index is 13.3. The van der Waals surface area contributed by atoms with Crippen molar-refractivity contribution >= 4 is 17.5 Å². The predicted octanol–water partition coefficient (Wildman–Crippen LogP) is 2.15. The van der Waals surface area contributed by atoms with Crippen molar-refractivity contribution in [3.8, 4) is 0 Å². The molecular weight excluding hydrogens is 404 g/mol. The van der Waals surface area contributed by atoms with E-state index in [1.807, 2.05) is 66.4 Å². The molecule has 0 unspecified atom stereocenters. The minimum atomic E-state index is -0.366. The first-order valence-electron chi connectivity index (χ1n) is 11.3. The Labute approximate surface area is 189 Å². The number of carbonyl (C=O) groups excluding carboxylic acids is 2. The van der Waals surface area contributed by atoms with Crippen LogP contribution >= 0.6 is 0 Å². The van der Waals surface area contributed by atoms with E-state index in [9.17, 15) is 9.59 Å². The van der Waals surface area contributed by atoms with E-state index in [1.165, 1.54) is 0 Å². The van der Waals surface area contributed by atoms with Crippen LogP contribution in [0.4, 0.5) is 5.69 Å². The van der Waals surface area contributed by atoms with Crippen LogP contribution in [0.25, 0.3) is 0 Å². The van der Waals surface area contributed by atoms with Gasteiger partial charge in [0.15, 0.2) is 0 Å². The van der Waals surface area contributed by atoms with Gasteiger partial charge in [0.25, 0.3) is 0 Å². The molecular formula is C25H32N4O3. The molecule has 2 aromatic carbocycles. The zero-order valence-corrected chi connectivity index (χ0v) is 18.7. The SMILES string of the molecule is Cc1ccc(NC(=O)[C@@H](c2ccccc2)N2CCN(CC(=O)N3CCOCC3)CC2)cc1. The molecule has 2 aliphatic heterocycles. The number of carbonyl (C=O) groups is 2. The van der Waals surface area contributed by atoms with Crippen LogP contribution in [0.15, 0.2) is 54.6 Å². The summed E-state index contributed by atoms with van der Waals surface area (Å²) < 4.78 is 5.34. The number of anilines is 1. The fourth-order valence-electron chi connectivity index (χ4n) is 4.29. The Morgan fingerprint density at radius 1 is 0.906 bits per heavy atom. The molecule has 32 heavy (non-hydrogen) atoms. The number of aryl methyl sites for hydroxylation is 1. The molecule has 0 aromatic heterocycles. The van der Waals surface area contributed by atoms with Crippen LogP contribution in [0.3, 0.4) is 0 Å². The summed E-state index contributed by atoms with van der Waals surface area (Å²) >= 11 is 0. The van der Waals surface area contributed by atoms with Crippen LogP contribution in [-0.2, 0) is 14.3 Å². The van der Waals surface area contributed by atoms with Crippen LogP contribution < -0.4 is 5.32 Å². The number of hydrogen-bond donors (Lipinski definition) is 1. The summed E-state index contributed by atoms with van der Waals surface area (Å²) in [5.74, 6) is 0.136. The molecule has 2 heterocycles. The van der Waals surface area contributed by atoms with Gasteiger partial charge in [-0.3, -0.25) is 19.4 Å². The van der Waals surface area contributed by atoms with Gasteiger partial charge in [0.2, 0.25) is 11.8 Å². The van der Waals surface area contributed by atoms with Crippen molar-refractivity contribution in [3.63, 3.8) is 0 Å². The number of rotatable bonds is 6. The third-order valence-electron chi connectivity index (χ3n) is 6.18. The molecule has 0 bridgehead atoms. The van der Waals surface area contributed by atoms with Crippen molar-refractivity contribution in [2.24, 2.45) is 0 Å². The molecule has 1 atom stereocenters. The van der Waals surface area contributed by atoms with E-state index in [0.29, 0.717) is 32.8 Å². The molecule has 7 heteroatoms. The predicted molar refractivity (Wildman–Crippen MR) is 124 cm³/mol. The molecule has 2 amide bonds. The summed E-state index contributed by atoms with van der Waals surface area (Å²) in [6.07, 6.45) is 0. The number of amides is 2. The Morgan fingerprint density at radius 2 is 1.56 bits per heavy atom. The van der Waals surface area contributed by atoms with Crippen LogP contribution in [-0.4, -0.2) is 85.5 Å². The van der Waals surface area contributed by atoms with Gasteiger partial charge in [-0.05, 0) is 24.6 Å². The summed E-state index contributed by atoms with van der Waals surface area (Å²) in [6, 6.07) is 17.4. The number of nitrogens with zero attached hydrogens (tertiary/aromatic N) is 3. The van der Waals surface area contributed by atoms with Gasteiger partial charge in [-0.1, -0.05) is 48.0 Å². The number of morpholine rings is 1. The van der Waals surface area contributed by atoms with E-state index in [-0.39, 0.29) is 17.9 Å². The number of ether oxygens (including phenoxy) is 1. The van der Waals surface area contributed by atoms with Gasteiger partial charge in [0.05, 0.1) is 19.8 Å². The van der Waals surface area contributed by atoms with Gasteiger partial charge < -0.3 is 15.0 Å². The minimum Gasteiger partial charge on any atom is -0.378 e. The molecule has 2 aromatic rings. The summed E-state index contributed by atoms with van der Waals surface area (Å²) in [5, 5.41) is 3.08. The zero-order chi connectivity index (χ0) is 22.3. The number of hydrogen-bond acceptors (Lipinski definition) is 5. The first-order chi connectivity index (χ1) is 15.6. The van der Waals surface area contributed by atoms with E-state index in [2.05, 4.69) is 15.1 Å². The average molecular weight is 437 g/mol. The topological polar surface area (TPSA) is 65.1 Å². The third-order valence-corrected chi connectivity index (χ3v) is 6.18. The molecule has 0 aliphatic carbocycles. The molecule has 1 N–H and O–H groups in total. The highest BCUT2D eigenvalue weighted by Gasteiger charge is 2.31. The van der Waals surface area contributed by atoms with E-state index >= 15 is 0 Å². The van der Waals surface area contributed by atoms with Crippen LogP contribution in [0.1, 0.15) is 17.2 Å². The quantitative estimate of drug-likeness (QED) is 0.752. The summed E-state index contributed by atoms with van der Waals surface area (Å²) in [7, 11) is 0. The summed E-state index contributed by atoms with van der Waals surface area (Å²) in [5.41, 5.74) is 2.94. The first-order valence-corrected chi connectivity index (χ1v) is 11.3. The highest BCUT2D eigenvalue weighted by atomic mass is 16.5. The first kappa shape index (κ1) is 22.5. The zero-order valence-electron chi connectivity index (χ0n) is 18.7. The number of benzene rings is 2. The normalized spacial score (nSPS) is 18.8. The monoisotopic (exact) mass is 436 g/mol. The van der Waals surface area contributed by atoms with E-state index < -0.39 is 0 Å². The maximum Gasteiger partial charge on any atom is 0.246 e. The summed E-state index contributed by atoms with van der Waals surface area (Å²) in [4.78, 5) is 32.2. The van der Waals surface area contributed by atoms with Gasteiger partial charge in [0.1, 0.15) is 6.04 Å². The number of piperazine rings is 1. The minimum absolute atomic E-state index is 0.0297. The Bertz CT molecular complexity index is 889. The van der Waals surface area contributed by atoms with Gasteiger partial charge in [-0.2, -0.15) is 0 Å². The molecule has 2 saturated heterocycles. The molecule has 170 valence electrons. The molecule has 0 radical (unpaired) electrons. The summed E-state index contributed by atoms with van der Waals surface area (Å²) in [6.45, 7) is 8.04. The molecule has 2 fully saturated rings. The second-order valence-corrected chi connectivity index (χ2v) is 8.47. The smallest absolute Gasteiger partial charge is 0.246 e. The lowest BCUT2D eigenvalue weighted by Gasteiger charge is -2.39. The molecule has 0 saturated carbocycles. The molecule has 7 nitrogen and oxygen atoms in total. The second-order valence-electron chi connectivity index (χ2n) is 8.47. The highest BCUT2D eigenvalue weighted by Crippen LogP contribution is 2.24. The number of nitrogens with one attached hydrogen (secondary N) is 1. The van der Waals surface area contributed by atoms with Crippen LogP contribution in [0.5, 0.6) is 0 Å². The molecule has 2 aliphatic rings. The molecule has 4 rings (SSSR count). The van der Waals surface area contributed by atoms with Crippen molar-refractivity contribution in [2.45, 2.75) is 13.0 Å². The second kappa shape index (κ2) is 10.7. The lowest BCUT2D eigenvalue weighted by Crippen LogP contribution is -2.53. The fourth-order valence-corrected chi connectivity index (χ4v) is 4.29. The van der Waals surface area contributed by atoms with Gasteiger partial charge in [-0.15, -0.1) is 0 Å². The van der Waals surface area contributed by atoms with Gasteiger partial charge in [-0.25, -0.2) is 0 Å². The van der Waals surface area contributed by atoms with Crippen molar-refractivity contribution in [2.75, 3.05) is 64.3 Å². The van der Waals surface area contributed by atoms with E-state index in [4.69, 9.17) is 4.74 Å². The fraction of sp³-hybridized carbons (Fsp3) is 0.440.